The van der Waals surface area contributed by atoms with Gasteiger partial charge in [0.15, 0.2) is 28.4 Å². The highest BCUT2D eigenvalue weighted by atomic mass is 16.5. The number of piperazine rings is 1. The second-order valence-electron chi connectivity index (χ2n) is 22.2. The van der Waals surface area contributed by atoms with Crippen LogP contribution in [0.25, 0.3) is 128 Å². The van der Waals surface area contributed by atoms with Crippen molar-refractivity contribution in [1.82, 2.24) is 73.5 Å². The van der Waals surface area contributed by atoms with Crippen molar-refractivity contribution in [2.45, 2.75) is 6.54 Å². The number of benzene rings is 6. The Morgan fingerprint density at radius 2 is 0.742 bits per heavy atom. The number of methoxy groups -OCH3 is 3. The van der Waals surface area contributed by atoms with Gasteiger partial charge in [0.2, 0.25) is 5.75 Å². The fourth-order valence-corrected chi connectivity index (χ4v) is 11.8. The number of fused-ring (bicyclic) bond motifs is 7. The Morgan fingerprint density at radius 3 is 1.15 bits per heavy atom. The Bertz CT molecular complexity index is 5180. The first-order chi connectivity index (χ1) is 43.8. The topological polar surface area (TPSA) is 188 Å². The molecule has 16 aromatic rings. The molecule has 11 heterocycles. The molecule has 0 radical (unpaired) electrons. The van der Waals surface area contributed by atoms with Crippen molar-refractivity contribution in [1.29, 1.82) is 0 Å². The van der Waals surface area contributed by atoms with Crippen LogP contribution in [-0.4, -0.2) is 128 Å². The van der Waals surface area contributed by atoms with Crippen LogP contribution in [0.1, 0.15) is 5.56 Å². The van der Waals surface area contributed by atoms with Crippen LogP contribution in [0.4, 0.5) is 0 Å². The normalized spacial score (nSPS) is 12.9. The lowest BCUT2D eigenvalue weighted by molar-refractivity contribution is 0.148. The van der Waals surface area contributed by atoms with Gasteiger partial charge in [-0.2, -0.15) is 15.3 Å². The molecule has 6 aromatic carbocycles. The van der Waals surface area contributed by atoms with Crippen LogP contribution in [0.5, 0.6) is 17.2 Å². The number of aromatic nitrogens is 13. The van der Waals surface area contributed by atoms with Gasteiger partial charge in [-0.1, -0.05) is 48.5 Å². The van der Waals surface area contributed by atoms with E-state index in [1.165, 1.54) is 21.7 Å². The van der Waals surface area contributed by atoms with Crippen molar-refractivity contribution in [2.75, 3.05) is 54.6 Å². The second-order valence-corrected chi connectivity index (χ2v) is 22.2. The highest BCUT2D eigenvalue weighted by molar-refractivity contribution is 5.88. The molecule has 18 heteroatoms. The summed E-state index contributed by atoms with van der Waals surface area (Å²) in [6.07, 6.45) is 13.4. The van der Waals surface area contributed by atoms with Crippen molar-refractivity contribution in [3.8, 4) is 84.8 Å². The third-order valence-electron chi connectivity index (χ3n) is 16.7. The third kappa shape index (κ3) is 10.6. The lowest BCUT2D eigenvalue weighted by Gasteiger charge is -2.32. The van der Waals surface area contributed by atoms with Crippen molar-refractivity contribution in [3.63, 3.8) is 0 Å². The van der Waals surface area contributed by atoms with E-state index in [4.69, 9.17) is 29.5 Å². The smallest absolute Gasteiger partial charge is 0.203 e. The third-order valence-corrected chi connectivity index (χ3v) is 16.7. The number of rotatable bonds is 11. The van der Waals surface area contributed by atoms with Gasteiger partial charge in [0.1, 0.15) is 0 Å². The zero-order chi connectivity index (χ0) is 60.0. The molecular weight excluding hydrogens is 1110 g/mol. The van der Waals surface area contributed by atoms with Crippen molar-refractivity contribution < 1.29 is 14.2 Å². The summed E-state index contributed by atoms with van der Waals surface area (Å²) in [6, 6.07) is 58.2. The Morgan fingerprint density at radius 1 is 0.371 bits per heavy atom. The van der Waals surface area contributed by atoms with E-state index >= 15 is 0 Å². The number of H-pyrrole nitrogens is 4. The molecule has 17 rings (SSSR count). The number of nitrogens with zero attached hydrogens (tertiary/aromatic N) is 11. The van der Waals surface area contributed by atoms with Crippen LogP contribution in [0, 0.1) is 0 Å². The van der Waals surface area contributed by atoms with Gasteiger partial charge in [0.05, 0.1) is 74.1 Å². The molecule has 10 aromatic heterocycles. The number of hydrogen-bond acceptors (Lipinski definition) is 11. The summed E-state index contributed by atoms with van der Waals surface area (Å²) in [4.78, 5) is 31.5. The summed E-state index contributed by atoms with van der Waals surface area (Å²) in [7, 11) is 6.98. The van der Waals surface area contributed by atoms with Gasteiger partial charge in [-0.15, -0.1) is 0 Å². The minimum absolute atomic E-state index is 0.549. The first kappa shape index (κ1) is 54.3. The monoisotopic (exact) mass is 1170 g/mol. The van der Waals surface area contributed by atoms with E-state index in [9.17, 15) is 0 Å². The van der Waals surface area contributed by atoms with Gasteiger partial charge in [0, 0.05) is 135 Å². The SMILES string of the molecule is CN1CCN(Cc2ccc(-c3ccc4ncc(-c5ccc6[nH]ccc6c5)n4n3)cc2)CC1.COc1cc(-c2ccc3ncc(-c4ccc5[nH]ccc5c4)n3n2)cc(OC)c1OC.c1cc2cc(-c3ccc4ncc(-c5ccc6[nH]ccc6c5)n4n3)ccc2[nH]1. The first-order valence-corrected chi connectivity index (χ1v) is 29.4. The van der Waals surface area contributed by atoms with Crippen molar-refractivity contribution >= 4 is 60.6 Å². The highest BCUT2D eigenvalue weighted by Crippen LogP contribution is 2.41. The standard InChI is InChI=1S/C26H26N6.C23H20N4O3.C22H15N5/c1-30-12-14-31(15-13-30)18-19-2-4-20(5-3-19)24-8-9-26-28-17-25(32(26)29-24)22-6-7-23-21(16-22)10-11-27-23;1-28-20-11-16(12-21(29-2)23(20)30-3)18-6-7-22-25-13-19(27(22)26-18)15-4-5-17-14(10-15)8-9-24-17;1-3-18-15(7-9-23-18)11-14(1)20-5-6-22-25-13-21(27(22)26-20)17-2-4-19-16(12-17)8-10-24-19/h2-11,16-17,27H,12-15,18H2,1H3;4-13,24H,1-3H3;1-13,23-24H. The van der Waals surface area contributed by atoms with E-state index < -0.39 is 0 Å². The van der Waals surface area contributed by atoms with Crippen molar-refractivity contribution in [3.05, 3.63) is 219 Å². The summed E-state index contributed by atoms with van der Waals surface area (Å²) < 4.78 is 22.1. The lowest BCUT2D eigenvalue weighted by Crippen LogP contribution is -2.43. The first-order valence-electron chi connectivity index (χ1n) is 29.4. The van der Waals surface area contributed by atoms with Crippen LogP contribution >= 0.6 is 0 Å². The molecule has 1 aliphatic rings. The molecule has 0 unspecified atom stereocenters. The predicted octanol–water partition coefficient (Wildman–Crippen LogP) is 13.9. The summed E-state index contributed by atoms with van der Waals surface area (Å²) in [5, 5.41) is 19.3. The van der Waals surface area contributed by atoms with E-state index in [1.807, 2.05) is 99.4 Å². The molecule has 0 aliphatic carbocycles. The summed E-state index contributed by atoms with van der Waals surface area (Å²) >= 11 is 0. The van der Waals surface area contributed by atoms with Crippen LogP contribution in [0.15, 0.2) is 213 Å². The number of nitrogens with one attached hydrogen (secondary N) is 4. The van der Waals surface area contributed by atoms with Gasteiger partial charge in [-0.25, -0.2) is 28.5 Å². The maximum atomic E-state index is 5.48. The fraction of sp³-hybridized carbons (Fsp3) is 0.127. The number of ether oxygens (including phenoxy) is 3. The van der Waals surface area contributed by atoms with Crippen LogP contribution < -0.4 is 14.2 Å². The van der Waals surface area contributed by atoms with Gasteiger partial charge in [-0.05, 0) is 134 Å². The molecule has 1 fully saturated rings. The Balaban J connectivity index is 0.000000112. The van der Waals surface area contributed by atoms with E-state index in [0.29, 0.717) is 17.2 Å². The molecule has 0 bridgehead atoms. The maximum Gasteiger partial charge on any atom is 0.203 e. The molecule has 0 atom stereocenters. The predicted molar refractivity (Wildman–Crippen MR) is 351 cm³/mol. The van der Waals surface area contributed by atoms with E-state index in [-0.39, 0.29) is 0 Å². The Kier molecular flexibility index (Phi) is 14.1. The number of aromatic amines is 4. The van der Waals surface area contributed by atoms with Gasteiger partial charge >= 0.3 is 0 Å². The number of imidazole rings is 3. The summed E-state index contributed by atoms with van der Waals surface area (Å²) in [6.45, 7) is 5.56. The molecule has 438 valence electrons. The molecule has 1 aliphatic heterocycles. The van der Waals surface area contributed by atoms with Crippen LogP contribution in [0.3, 0.4) is 0 Å². The highest BCUT2D eigenvalue weighted by Gasteiger charge is 2.19. The largest absolute Gasteiger partial charge is 0.493 e. The Hall–Kier alpha value is -11.3. The second kappa shape index (κ2) is 23.2. The minimum Gasteiger partial charge on any atom is -0.493 e. The van der Waals surface area contributed by atoms with Gasteiger partial charge < -0.3 is 39.0 Å². The van der Waals surface area contributed by atoms with Crippen LogP contribution in [-0.2, 0) is 6.54 Å². The molecule has 89 heavy (non-hydrogen) atoms. The van der Waals surface area contributed by atoms with Crippen molar-refractivity contribution in [2.24, 2.45) is 0 Å². The molecule has 0 amide bonds. The van der Waals surface area contributed by atoms with E-state index in [0.717, 1.165) is 145 Å². The summed E-state index contributed by atoms with van der Waals surface area (Å²) in [5.74, 6) is 1.71. The minimum atomic E-state index is 0.549. The van der Waals surface area contributed by atoms with Gasteiger partial charge in [0.25, 0.3) is 0 Å². The van der Waals surface area contributed by atoms with Gasteiger partial charge in [-0.3, -0.25) is 4.90 Å². The number of hydrogen-bond donors (Lipinski definition) is 4. The molecule has 4 N–H and O–H groups in total. The average Bonchev–Trinajstić information content (AvgIpc) is 2.39. The lowest BCUT2D eigenvalue weighted by atomic mass is 10.1. The molecule has 18 nitrogen and oxygen atoms in total. The van der Waals surface area contributed by atoms with Crippen LogP contribution in [0.2, 0.25) is 0 Å². The maximum absolute atomic E-state index is 5.48. The average molecular weight is 1170 g/mol. The summed E-state index contributed by atoms with van der Waals surface area (Å²) in [5.41, 5.74) is 20.1. The quantitative estimate of drug-likeness (QED) is 0.0965. The Labute approximate surface area is 510 Å². The molecule has 1 saturated heterocycles. The fourth-order valence-electron chi connectivity index (χ4n) is 11.8. The van der Waals surface area contributed by atoms with E-state index in [2.05, 4.69) is 179 Å². The zero-order valence-electron chi connectivity index (χ0n) is 49.4. The molecule has 0 spiro atoms. The molecular formula is C71H61N15O3. The molecule has 0 saturated carbocycles. The van der Waals surface area contributed by atoms with E-state index in [1.54, 1.807) is 21.3 Å². The number of likely N-dealkylation sites (N-methyl/N-ethyl adjacent to an activating group) is 1. The zero-order valence-corrected chi connectivity index (χ0v) is 49.4.